The summed E-state index contributed by atoms with van der Waals surface area (Å²) in [7, 11) is 0. The molecule has 0 radical (unpaired) electrons. The van der Waals surface area contributed by atoms with Gasteiger partial charge in [0.2, 0.25) is 0 Å². The van der Waals surface area contributed by atoms with E-state index >= 15 is 0 Å². The lowest BCUT2D eigenvalue weighted by Crippen LogP contribution is -2.35. The van der Waals surface area contributed by atoms with Crippen molar-refractivity contribution in [2.75, 3.05) is 6.61 Å². The van der Waals surface area contributed by atoms with Crippen LogP contribution >= 0.6 is 11.6 Å². The Morgan fingerprint density at radius 1 is 1.37 bits per heavy atom. The number of carbonyl (C=O) groups excluding carboxylic acids is 2. The minimum atomic E-state index is -0.578. The normalized spacial score (nSPS) is 15.2. The van der Waals surface area contributed by atoms with Gasteiger partial charge in [-0.3, -0.25) is 4.79 Å². The van der Waals surface area contributed by atoms with Crippen LogP contribution in [-0.2, 0) is 9.53 Å². The lowest BCUT2D eigenvalue weighted by Gasteiger charge is -2.11. The van der Waals surface area contributed by atoms with E-state index in [1.807, 2.05) is 0 Å². The number of hydrogen-bond donors (Lipinski definition) is 1. The number of esters is 1. The number of ether oxygens (including phenoxy) is 1. The van der Waals surface area contributed by atoms with Crippen molar-refractivity contribution in [1.82, 2.24) is 10.3 Å². The molecule has 1 heterocycles. The topological polar surface area (TPSA) is 68.3 Å². The van der Waals surface area contributed by atoms with Gasteiger partial charge in [-0.25, -0.2) is 9.78 Å². The van der Waals surface area contributed by atoms with E-state index in [9.17, 15) is 9.59 Å². The molecule has 19 heavy (non-hydrogen) atoms. The lowest BCUT2D eigenvalue weighted by atomic mass is 10.2. The first-order valence-corrected chi connectivity index (χ1v) is 6.61. The van der Waals surface area contributed by atoms with Crippen molar-refractivity contribution < 1.29 is 14.3 Å². The van der Waals surface area contributed by atoms with Crippen molar-refractivity contribution in [3.63, 3.8) is 0 Å². The van der Waals surface area contributed by atoms with Gasteiger partial charge in [-0.2, -0.15) is 0 Å². The van der Waals surface area contributed by atoms with E-state index in [0.717, 1.165) is 25.7 Å². The van der Waals surface area contributed by atoms with Crippen LogP contribution in [-0.4, -0.2) is 29.5 Å². The van der Waals surface area contributed by atoms with E-state index in [1.165, 1.54) is 18.3 Å². The summed E-state index contributed by atoms with van der Waals surface area (Å²) in [6, 6.07) is 3.23. The SMILES string of the molecule is O=C(COC(=O)c1ccc(Cl)nc1)NC1CCCC1. The summed E-state index contributed by atoms with van der Waals surface area (Å²) in [5, 5.41) is 3.14. The molecule has 1 aliphatic carbocycles. The number of halogens is 1. The van der Waals surface area contributed by atoms with Crippen LogP contribution in [0.4, 0.5) is 0 Å². The first-order chi connectivity index (χ1) is 9.15. The highest BCUT2D eigenvalue weighted by atomic mass is 35.5. The molecule has 6 heteroatoms. The molecule has 5 nitrogen and oxygen atoms in total. The maximum absolute atomic E-state index is 11.6. The average Bonchev–Trinajstić information content (AvgIpc) is 2.89. The molecule has 1 aromatic rings. The van der Waals surface area contributed by atoms with Crippen LogP contribution in [0.25, 0.3) is 0 Å². The van der Waals surface area contributed by atoms with E-state index < -0.39 is 5.97 Å². The fourth-order valence-electron chi connectivity index (χ4n) is 2.05. The fraction of sp³-hybridized carbons (Fsp3) is 0.462. The first-order valence-electron chi connectivity index (χ1n) is 6.23. The second-order valence-corrected chi connectivity index (χ2v) is 4.88. The molecule has 1 fully saturated rings. The standard InChI is InChI=1S/C13H15ClN2O3/c14-11-6-5-9(7-15-11)13(18)19-8-12(17)16-10-3-1-2-4-10/h5-7,10H,1-4,8H2,(H,16,17). The van der Waals surface area contributed by atoms with Gasteiger partial charge in [0.1, 0.15) is 5.15 Å². The highest BCUT2D eigenvalue weighted by molar-refractivity contribution is 6.29. The van der Waals surface area contributed by atoms with Gasteiger partial charge in [0.25, 0.3) is 5.91 Å². The third-order valence-electron chi connectivity index (χ3n) is 3.02. The Hall–Kier alpha value is -1.62. The van der Waals surface area contributed by atoms with Gasteiger partial charge in [0, 0.05) is 12.2 Å². The second-order valence-electron chi connectivity index (χ2n) is 4.49. The molecule has 2 rings (SSSR count). The van der Waals surface area contributed by atoms with E-state index in [4.69, 9.17) is 16.3 Å². The monoisotopic (exact) mass is 282 g/mol. The summed E-state index contributed by atoms with van der Waals surface area (Å²) < 4.78 is 4.91. The highest BCUT2D eigenvalue weighted by Crippen LogP contribution is 2.17. The van der Waals surface area contributed by atoms with Crippen LogP contribution in [0.1, 0.15) is 36.0 Å². The van der Waals surface area contributed by atoms with E-state index in [1.54, 1.807) is 0 Å². The zero-order valence-corrected chi connectivity index (χ0v) is 11.2. The molecular formula is C13H15ClN2O3. The van der Waals surface area contributed by atoms with Gasteiger partial charge in [-0.15, -0.1) is 0 Å². The van der Waals surface area contributed by atoms with Crippen LogP contribution in [0.2, 0.25) is 5.15 Å². The summed E-state index contributed by atoms with van der Waals surface area (Å²) in [5.41, 5.74) is 0.276. The molecule has 0 spiro atoms. The number of amides is 1. The lowest BCUT2D eigenvalue weighted by molar-refractivity contribution is -0.124. The van der Waals surface area contributed by atoms with Crippen LogP contribution < -0.4 is 5.32 Å². The Morgan fingerprint density at radius 2 is 2.11 bits per heavy atom. The minimum Gasteiger partial charge on any atom is -0.452 e. The van der Waals surface area contributed by atoms with Crippen molar-refractivity contribution in [3.8, 4) is 0 Å². The van der Waals surface area contributed by atoms with Gasteiger partial charge >= 0.3 is 5.97 Å². The maximum Gasteiger partial charge on any atom is 0.340 e. The third kappa shape index (κ3) is 4.21. The number of hydrogen-bond acceptors (Lipinski definition) is 4. The van der Waals surface area contributed by atoms with Crippen molar-refractivity contribution in [2.24, 2.45) is 0 Å². The summed E-state index contributed by atoms with van der Waals surface area (Å²) in [6.07, 6.45) is 5.60. The number of rotatable bonds is 4. The fourth-order valence-corrected chi connectivity index (χ4v) is 2.16. The summed E-state index contributed by atoms with van der Waals surface area (Å²) in [4.78, 5) is 27.0. The molecule has 1 aliphatic rings. The largest absolute Gasteiger partial charge is 0.452 e. The van der Waals surface area contributed by atoms with Gasteiger partial charge in [0.05, 0.1) is 5.56 Å². The highest BCUT2D eigenvalue weighted by Gasteiger charge is 2.18. The Balaban J connectivity index is 1.76. The molecule has 102 valence electrons. The van der Waals surface area contributed by atoms with Crippen molar-refractivity contribution in [3.05, 3.63) is 29.0 Å². The van der Waals surface area contributed by atoms with Crippen molar-refractivity contribution >= 4 is 23.5 Å². The number of pyridine rings is 1. The molecule has 1 saturated carbocycles. The van der Waals surface area contributed by atoms with Crippen LogP contribution in [0.5, 0.6) is 0 Å². The predicted octanol–water partition coefficient (Wildman–Crippen LogP) is 1.95. The van der Waals surface area contributed by atoms with E-state index in [-0.39, 0.29) is 24.1 Å². The van der Waals surface area contributed by atoms with Gasteiger partial charge in [-0.05, 0) is 25.0 Å². The Labute approximate surface area is 116 Å². The summed E-state index contributed by atoms with van der Waals surface area (Å²) in [5.74, 6) is -0.840. The van der Waals surface area contributed by atoms with Gasteiger partial charge in [-0.1, -0.05) is 24.4 Å². The Bertz CT molecular complexity index is 455. The molecular weight excluding hydrogens is 268 g/mol. The molecule has 1 aromatic heterocycles. The Morgan fingerprint density at radius 3 is 2.74 bits per heavy atom. The van der Waals surface area contributed by atoms with Crippen molar-refractivity contribution in [1.29, 1.82) is 0 Å². The smallest absolute Gasteiger partial charge is 0.340 e. The first kappa shape index (κ1) is 13.8. The molecule has 0 saturated heterocycles. The maximum atomic E-state index is 11.6. The quantitative estimate of drug-likeness (QED) is 0.677. The number of aromatic nitrogens is 1. The van der Waals surface area contributed by atoms with E-state index in [0.29, 0.717) is 5.15 Å². The van der Waals surface area contributed by atoms with Crippen LogP contribution in [0, 0.1) is 0 Å². The Kier molecular flexibility index (Phi) is 4.74. The molecule has 0 aromatic carbocycles. The van der Waals surface area contributed by atoms with Crippen LogP contribution in [0.3, 0.4) is 0 Å². The molecule has 0 atom stereocenters. The zero-order valence-electron chi connectivity index (χ0n) is 10.4. The van der Waals surface area contributed by atoms with Gasteiger partial charge in [0.15, 0.2) is 6.61 Å². The summed E-state index contributed by atoms with van der Waals surface area (Å²) in [6.45, 7) is -0.266. The molecule has 1 amide bonds. The van der Waals surface area contributed by atoms with Crippen LogP contribution in [0.15, 0.2) is 18.3 Å². The van der Waals surface area contributed by atoms with Gasteiger partial charge < -0.3 is 10.1 Å². The number of carbonyl (C=O) groups is 2. The molecule has 0 bridgehead atoms. The molecule has 0 unspecified atom stereocenters. The predicted molar refractivity (Wildman–Crippen MR) is 69.9 cm³/mol. The van der Waals surface area contributed by atoms with E-state index in [2.05, 4.69) is 10.3 Å². The average molecular weight is 283 g/mol. The summed E-state index contributed by atoms with van der Waals surface area (Å²) >= 11 is 5.61. The van der Waals surface area contributed by atoms with Crippen molar-refractivity contribution in [2.45, 2.75) is 31.7 Å². The zero-order chi connectivity index (χ0) is 13.7. The second kappa shape index (κ2) is 6.52. The minimum absolute atomic E-state index is 0.225. The third-order valence-corrected chi connectivity index (χ3v) is 3.24. The number of nitrogens with one attached hydrogen (secondary N) is 1. The molecule has 1 N–H and O–H groups in total. The number of nitrogens with zero attached hydrogens (tertiary/aromatic N) is 1. The molecule has 0 aliphatic heterocycles.